The molecular weight excluding hydrogens is 368 g/mol. The van der Waals surface area contributed by atoms with Crippen molar-refractivity contribution in [3.8, 4) is 0 Å². The second-order valence-corrected chi connectivity index (χ2v) is 7.96. The molecule has 0 saturated carbocycles. The molecule has 0 bridgehead atoms. The summed E-state index contributed by atoms with van der Waals surface area (Å²) in [7, 11) is 0. The molecule has 2 aromatic heterocycles. The van der Waals surface area contributed by atoms with Crippen molar-refractivity contribution < 1.29 is 9.53 Å². The minimum absolute atomic E-state index is 0.0436. The molecule has 0 spiro atoms. The number of ether oxygens (including phenoxy) is 1. The molecule has 0 N–H and O–H groups in total. The number of carbonyl (C=O) groups is 1. The van der Waals surface area contributed by atoms with Crippen molar-refractivity contribution in [1.29, 1.82) is 0 Å². The van der Waals surface area contributed by atoms with Gasteiger partial charge in [-0.1, -0.05) is 17.7 Å². The number of hydrogen-bond donors (Lipinski definition) is 0. The van der Waals surface area contributed by atoms with Gasteiger partial charge in [-0.05, 0) is 50.4 Å². The van der Waals surface area contributed by atoms with Gasteiger partial charge >= 0.3 is 0 Å². The third-order valence-electron chi connectivity index (χ3n) is 5.73. The molecule has 0 radical (unpaired) electrons. The van der Waals surface area contributed by atoms with Crippen molar-refractivity contribution in [3.05, 3.63) is 42.0 Å². The zero-order chi connectivity index (χ0) is 19.9. The number of pyridine rings is 1. The summed E-state index contributed by atoms with van der Waals surface area (Å²) in [6.45, 7) is 5.92. The zero-order valence-corrected chi connectivity index (χ0v) is 16.9. The lowest BCUT2D eigenvalue weighted by Gasteiger charge is -2.32. The van der Waals surface area contributed by atoms with E-state index in [1.807, 2.05) is 23.2 Å². The smallest absolute Gasteiger partial charge is 0.276 e. The maximum atomic E-state index is 12.9. The van der Waals surface area contributed by atoms with Crippen LogP contribution in [-0.2, 0) is 17.9 Å². The summed E-state index contributed by atoms with van der Waals surface area (Å²) < 4.78 is 7.81. The molecule has 8 nitrogen and oxygen atoms in total. The van der Waals surface area contributed by atoms with Crippen LogP contribution in [0.15, 0.2) is 30.7 Å². The summed E-state index contributed by atoms with van der Waals surface area (Å²) in [5.74, 6) is -0.0519. The highest BCUT2D eigenvalue weighted by Crippen LogP contribution is 2.17. The Morgan fingerprint density at radius 2 is 2.03 bits per heavy atom. The SMILES string of the molecule is O=C(c1cn(CCN2CCCCC2)nn1)N1CCC[C@@H](OCc2cccnc2)C1. The quantitative estimate of drug-likeness (QED) is 0.710. The van der Waals surface area contributed by atoms with E-state index in [1.165, 1.54) is 19.3 Å². The predicted molar refractivity (Wildman–Crippen MR) is 108 cm³/mol. The largest absolute Gasteiger partial charge is 0.372 e. The monoisotopic (exact) mass is 398 g/mol. The average molecular weight is 399 g/mol. The van der Waals surface area contributed by atoms with Gasteiger partial charge in [-0.25, -0.2) is 0 Å². The van der Waals surface area contributed by atoms with E-state index < -0.39 is 0 Å². The Hall–Kier alpha value is -2.32. The summed E-state index contributed by atoms with van der Waals surface area (Å²) in [4.78, 5) is 21.3. The van der Waals surface area contributed by atoms with Crippen molar-refractivity contribution in [2.75, 3.05) is 32.7 Å². The van der Waals surface area contributed by atoms with Gasteiger partial charge in [-0.15, -0.1) is 5.10 Å². The molecule has 1 atom stereocenters. The molecular formula is C21H30N6O2. The highest BCUT2D eigenvalue weighted by Gasteiger charge is 2.26. The van der Waals surface area contributed by atoms with Crippen molar-refractivity contribution in [2.24, 2.45) is 0 Å². The molecule has 2 aliphatic heterocycles. The Morgan fingerprint density at radius 3 is 2.86 bits per heavy atom. The Morgan fingerprint density at radius 1 is 1.14 bits per heavy atom. The number of likely N-dealkylation sites (tertiary alicyclic amines) is 2. The lowest BCUT2D eigenvalue weighted by molar-refractivity contribution is -0.00697. The Bertz CT molecular complexity index is 774. The number of hydrogen-bond acceptors (Lipinski definition) is 6. The highest BCUT2D eigenvalue weighted by molar-refractivity contribution is 5.92. The first-order valence-electron chi connectivity index (χ1n) is 10.7. The van der Waals surface area contributed by atoms with Crippen LogP contribution in [0.2, 0.25) is 0 Å². The summed E-state index contributed by atoms with van der Waals surface area (Å²) in [6.07, 6.45) is 11.2. The fourth-order valence-corrected chi connectivity index (χ4v) is 4.05. The first-order chi connectivity index (χ1) is 14.3. The maximum absolute atomic E-state index is 12.9. The Kier molecular flexibility index (Phi) is 6.84. The van der Waals surface area contributed by atoms with Gasteiger partial charge in [0, 0.05) is 32.0 Å². The van der Waals surface area contributed by atoms with Gasteiger partial charge in [0.25, 0.3) is 5.91 Å². The van der Waals surface area contributed by atoms with E-state index in [1.54, 1.807) is 17.1 Å². The van der Waals surface area contributed by atoms with E-state index >= 15 is 0 Å². The van der Waals surface area contributed by atoms with E-state index in [0.29, 0.717) is 18.8 Å². The second-order valence-electron chi connectivity index (χ2n) is 7.96. The number of amides is 1. The van der Waals surface area contributed by atoms with E-state index in [-0.39, 0.29) is 12.0 Å². The molecule has 8 heteroatoms. The van der Waals surface area contributed by atoms with E-state index in [2.05, 4.69) is 20.2 Å². The Labute approximate surface area is 171 Å². The molecule has 0 aliphatic carbocycles. The number of aromatic nitrogens is 4. The van der Waals surface area contributed by atoms with Gasteiger partial charge < -0.3 is 14.5 Å². The van der Waals surface area contributed by atoms with Crippen LogP contribution < -0.4 is 0 Å². The number of nitrogens with zero attached hydrogens (tertiary/aromatic N) is 6. The fraction of sp³-hybridized carbons (Fsp3) is 0.619. The molecule has 2 fully saturated rings. The third-order valence-corrected chi connectivity index (χ3v) is 5.73. The predicted octanol–water partition coefficient (Wildman–Crippen LogP) is 1.98. The third kappa shape index (κ3) is 5.61. The van der Waals surface area contributed by atoms with E-state index in [9.17, 15) is 4.79 Å². The molecule has 0 unspecified atom stereocenters. The molecule has 4 rings (SSSR count). The highest BCUT2D eigenvalue weighted by atomic mass is 16.5. The van der Waals surface area contributed by atoms with E-state index in [4.69, 9.17) is 4.74 Å². The molecule has 0 aromatic carbocycles. The fourth-order valence-electron chi connectivity index (χ4n) is 4.05. The van der Waals surface area contributed by atoms with Crippen LogP contribution in [0.3, 0.4) is 0 Å². The van der Waals surface area contributed by atoms with Crippen molar-refractivity contribution in [2.45, 2.75) is 51.4 Å². The summed E-state index contributed by atoms with van der Waals surface area (Å²) >= 11 is 0. The van der Waals surface area contributed by atoms with E-state index in [0.717, 1.165) is 51.1 Å². The van der Waals surface area contributed by atoms with Crippen LogP contribution in [0.5, 0.6) is 0 Å². The van der Waals surface area contributed by atoms with Crippen LogP contribution in [0, 0.1) is 0 Å². The van der Waals surface area contributed by atoms with Crippen LogP contribution in [-0.4, -0.2) is 74.5 Å². The summed E-state index contributed by atoms with van der Waals surface area (Å²) in [5, 5.41) is 8.29. The zero-order valence-electron chi connectivity index (χ0n) is 16.9. The summed E-state index contributed by atoms with van der Waals surface area (Å²) in [6, 6.07) is 3.91. The van der Waals surface area contributed by atoms with Crippen LogP contribution in [0.1, 0.15) is 48.2 Å². The minimum atomic E-state index is -0.0519. The molecule has 4 heterocycles. The van der Waals surface area contributed by atoms with Gasteiger partial charge in [0.05, 0.1) is 25.5 Å². The molecule has 29 heavy (non-hydrogen) atoms. The van der Waals surface area contributed by atoms with Crippen molar-refractivity contribution in [1.82, 2.24) is 29.8 Å². The average Bonchev–Trinajstić information content (AvgIpc) is 3.26. The second kappa shape index (κ2) is 9.93. The van der Waals surface area contributed by atoms with Crippen molar-refractivity contribution >= 4 is 5.91 Å². The van der Waals surface area contributed by atoms with Gasteiger partial charge in [0.2, 0.25) is 0 Å². The van der Waals surface area contributed by atoms with Crippen LogP contribution >= 0.6 is 0 Å². The van der Waals surface area contributed by atoms with Crippen molar-refractivity contribution in [3.63, 3.8) is 0 Å². The first kappa shape index (κ1) is 20.0. The lowest BCUT2D eigenvalue weighted by atomic mass is 10.1. The standard InChI is InChI=1S/C21H30N6O2/c28-21(20-16-27(24-23-20)13-12-25-9-2-1-3-10-25)26-11-5-7-19(15-26)29-17-18-6-4-8-22-14-18/h4,6,8,14,16,19H,1-3,5,7,9-13,15,17H2/t19-/m1/s1. The molecule has 156 valence electrons. The Balaban J connectivity index is 1.26. The molecule has 2 aromatic rings. The van der Waals surface area contributed by atoms with Crippen LogP contribution in [0.25, 0.3) is 0 Å². The maximum Gasteiger partial charge on any atom is 0.276 e. The van der Waals surface area contributed by atoms with Crippen LogP contribution in [0.4, 0.5) is 0 Å². The molecule has 1 amide bonds. The number of rotatable bonds is 7. The topological polar surface area (TPSA) is 76.4 Å². The number of carbonyl (C=O) groups excluding carboxylic acids is 1. The molecule has 2 saturated heterocycles. The lowest BCUT2D eigenvalue weighted by Crippen LogP contribution is -2.43. The van der Waals surface area contributed by atoms with Gasteiger partial charge in [0.1, 0.15) is 0 Å². The normalized spacial score (nSPS) is 20.7. The van der Waals surface area contributed by atoms with Gasteiger partial charge in [0.15, 0.2) is 5.69 Å². The first-order valence-corrected chi connectivity index (χ1v) is 10.7. The molecule has 2 aliphatic rings. The number of piperidine rings is 2. The summed E-state index contributed by atoms with van der Waals surface area (Å²) in [5.41, 5.74) is 1.48. The van der Waals surface area contributed by atoms with Gasteiger partial charge in [-0.3, -0.25) is 14.5 Å². The minimum Gasteiger partial charge on any atom is -0.372 e. The van der Waals surface area contributed by atoms with Gasteiger partial charge in [-0.2, -0.15) is 0 Å².